The number of nitrogens with one attached hydrogen (secondary N) is 1. The molecule has 0 aliphatic carbocycles. The van der Waals surface area contributed by atoms with E-state index in [1.54, 1.807) is 0 Å². The van der Waals surface area contributed by atoms with Gasteiger partial charge in [-0.3, -0.25) is 0 Å². The molecule has 2 atom stereocenters. The summed E-state index contributed by atoms with van der Waals surface area (Å²) >= 11 is 0. The van der Waals surface area contributed by atoms with Gasteiger partial charge in [0.1, 0.15) is 17.5 Å². The van der Waals surface area contributed by atoms with Crippen molar-refractivity contribution in [2.45, 2.75) is 59.9 Å². The predicted octanol–water partition coefficient (Wildman–Crippen LogP) is 3.57. The van der Waals surface area contributed by atoms with Crippen molar-refractivity contribution in [1.29, 1.82) is 0 Å². The topological polar surface area (TPSA) is 41.1 Å². The second-order valence-corrected chi connectivity index (χ2v) is 6.41. The highest BCUT2D eigenvalue weighted by Crippen LogP contribution is 2.32. The normalized spacial score (nSPS) is 22.6. The van der Waals surface area contributed by atoms with Crippen LogP contribution in [0.25, 0.3) is 0 Å². The van der Waals surface area contributed by atoms with Crippen LogP contribution in [0.1, 0.15) is 58.3 Å². The van der Waals surface area contributed by atoms with Crippen LogP contribution in [0.4, 0.5) is 11.6 Å². The van der Waals surface area contributed by atoms with E-state index in [9.17, 15) is 0 Å². The van der Waals surface area contributed by atoms with Crippen LogP contribution in [0.3, 0.4) is 0 Å². The van der Waals surface area contributed by atoms with Crippen LogP contribution in [0, 0.1) is 12.8 Å². The highest BCUT2D eigenvalue weighted by molar-refractivity contribution is 5.59. The number of rotatable bonds is 4. The molecule has 20 heavy (non-hydrogen) atoms. The second-order valence-electron chi connectivity index (χ2n) is 6.41. The number of anilines is 2. The fraction of sp³-hybridized carbons (Fsp3) is 0.750. The molecule has 1 fully saturated rings. The van der Waals surface area contributed by atoms with Crippen molar-refractivity contribution in [3.63, 3.8) is 0 Å². The predicted molar refractivity (Wildman–Crippen MR) is 85.6 cm³/mol. The molecule has 1 aliphatic rings. The van der Waals surface area contributed by atoms with Crippen LogP contribution in [-0.4, -0.2) is 29.1 Å². The van der Waals surface area contributed by atoms with E-state index in [1.807, 2.05) is 0 Å². The van der Waals surface area contributed by atoms with Crippen LogP contribution < -0.4 is 10.2 Å². The van der Waals surface area contributed by atoms with Gasteiger partial charge in [-0.15, -0.1) is 0 Å². The molecule has 4 nitrogen and oxygen atoms in total. The Balaban J connectivity index is 2.45. The molecule has 0 amide bonds. The zero-order valence-electron chi connectivity index (χ0n) is 13.7. The standard InChI is InChI=1S/C16H28N4/c1-7-17-15-13(6)16(19-14(18-15)10(2)3)20-9-11(4)8-12(20)5/h10-12H,7-9H2,1-6H3,(H,17,18,19). The van der Waals surface area contributed by atoms with Crippen molar-refractivity contribution in [1.82, 2.24) is 9.97 Å². The first-order valence-electron chi connectivity index (χ1n) is 7.83. The van der Waals surface area contributed by atoms with E-state index in [4.69, 9.17) is 4.98 Å². The van der Waals surface area contributed by atoms with E-state index in [2.05, 4.69) is 56.7 Å². The molecular weight excluding hydrogens is 248 g/mol. The summed E-state index contributed by atoms with van der Waals surface area (Å²) in [6.07, 6.45) is 1.25. The molecule has 2 unspecified atom stereocenters. The SMILES string of the molecule is CCNc1nc(C(C)C)nc(N2CC(C)CC2C)c1C. The molecule has 0 aromatic carbocycles. The number of aromatic nitrogens is 2. The summed E-state index contributed by atoms with van der Waals surface area (Å²) in [5.41, 5.74) is 1.18. The third-order valence-corrected chi connectivity index (χ3v) is 4.05. The second kappa shape index (κ2) is 5.98. The Morgan fingerprint density at radius 2 is 2.00 bits per heavy atom. The summed E-state index contributed by atoms with van der Waals surface area (Å²) in [6.45, 7) is 15.2. The van der Waals surface area contributed by atoms with Crippen molar-refractivity contribution in [2.24, 2.45) is 5.92 Å². The Kier molecular flexibility index (Phi) is 4.51. The maximum absolute atomic E-state index is 4.86. The molecule has 0 saturated carbocycles. The average molecular weight is 276 g/mol. The number of hydrogen-bond donors (Lipinski definition) is 1. The summed E-state index contributed by atoms with van der Waals surface area (Å²) in [7, 11) is 0. The van der Waals surface area contributed by atoms with Gasteiger partial charge in [-0.1, -0.05) is 20.8 Å². The lowest BCUT2D eigenvalue weighted by Crippen LogP contribution is -2.29. The largest absolute Gasteiger partial charge is 0.370 e. The summed E-state index contributed by atoms with van der Waals surface area (Å²) in [5, 5.41) is 3.38. The van der Waals surface area contributed by atoms with E-state index >= 15 is 0 Å². The Hall–Kier alpha value is -1.32. The van der Waals surface area contributed by atoms with Gasteiger partial charge in [-0.2, -0.15) is 0 Å². The monoisotopic (exact) mass is 276 g/mol. The molecule has 4 heteroatoms. The molecular formula is C16H28N4. The molecule has 2 rings (SSSR count). The van der Waals surface area contributed by atoms with Crippen molar-refractivity contribution < 1.29 is 0 Å². The summed E-state index contributed by atoms with van der Waals surface area (Å²) in [6, 6.07) is 0.563. The molecule has 1 saturated heterocycles. The minimum atomic E-state index is 0.349. The van der Waals surface area contributed by atoms with Gasteiger partial charge in [0.2, 0.25) is 0 Å². The molecule has 0 bridgehead atoms. The van der Waals surface area contributed by atoms with Gasteiger partial charge in [0.25, 0.3) is 0 Å². The summed E-state index contributed by atoms with van der Waals surface area (Å²) in [4.78, 5) is 12.0. The van der Waals surface area contributed by atoms with Crippen molar-refractivity contribution in [2.75, 3.05) is 23.3 Å². The van der Waals surface area contributed by atoms with Gasteiger partial charge in [-0.25, -0.2) is 9.97 Å². The van der Waals surface area contributed by atoms with Crippen LogP contribution in [0.5, 0.6) is 0 Å². The zero-order chi connectivity index (χ0) is 14.9. The smallest absolute Gasteiger partial charge is 0.137 e. The van der Waals surface area contributed by atoms with Gasteiger partial charge < -0.3 is 10.2 Å². The van der Waals surface area contributed by atoms with E-state index in [1.165, 1.54) is 12.0 Å². The van der Waals surface area contributed by atoms with Gasteiger partial charge in [0.15, 0.2) is 0 Å². The van der Waals surface area contributed by atoms with Crippen LogP contribution in [0.15, 0.2) is 0 Å². The van der Waals surface area contributed by atoms with Gasteiger partial charge in [0, 0.05) is 30.6 Å². The third kappa shape index (κ3) is 2.89. The Bertz CT molecular complexity index is 470. The van der Waals surface area contributed by atoms with Gasteiger partial charge in [0.05, 0.1) is 0 Å². The van der Waals surface area contributed by atoms with Crippen molar-refractivity contribution in [3.05, 3.63) is 11.4 Å². The first-order chi connectivity index (χ1) is 9.43. The molecule has 2 heterocycles. The molecule has 1 aliphatic heterocycles. The maximum Gasteiger partial charge on any atom is 0.137 e. The number of nitrogens with zero attached hydrogens (tertiary/aromatic N) is 3. The van der Waals surface area contributed by atoms with Crippen molar-refractivity contribution in [3.8, 4) is 0 Å². The molecule has 112 valence electrons. The molecule has 1 N–H and O–H groups in total. The zero-order valence-corrected chi connectivity index (χ0v) is 13.7. The first-order valence-corrected chi connectivity index (χ1v) is 7.83. The fourth-order valence-corrected chi connectivity index (χ4v) is 2.99. The van der Waals surface area contributed by atoms with E-state index in [0.29, 0.717) is 12.0 Å². The highest BCUT2D eigenvalue weighted by atomic mass is 15.2. The van der Waals surface area contributed by atoms with Gasteiger partial charge >= 0.3 is 0 Å². The van der Waals surface area contributed by atoms with Crippen LogP contribution in [0.2, 0.25) is 0 Å². The van der Waals surface area contributed by atoms with E-state index in [-0.39, 0.29) is 0 Å². The molecule has 0 radical (unpaired) electrons. The molecule has 1 aromatic rings. The summed E-state index contributed by atoms with van der Waals surface area (Å²) in [5.74, 6) is 4.14. The third-order valence-electron chi connectivity index (χ3n) is 4.05. The Labute approximate surface area is 123 Å². The lowest BCUT2D eigenvalue weighted by molar-refractivity contribution is 0.625. The highest BCUT2D eigenvalue weighted by Gasteiger charge is 2.29. The Morgan fingerprint density at radius 3 is 2.50 bits per heavy atom. The fourth-order valence-electron chi connectivity index (χ4n) is 2.99. The molecule has 1 aromatic heterocycles. The minimum absolute atomic E-state index is 0.349. The minimum Gasteiger partial charge on any atom is -0.370 e. The van der Waals surface area contributed by atoms with Crippen molar-refractivity contribution >= 4 is 11.6 Å². The average Bonchev–Trinajstić information content (AvgIpc) is 2.71. The number of hydrogen-bond acceptors (Lipinski definition) is 4. The van der Waals surface area contributed by atoms with E-state index in [0.717, 1.165) is 36.5 Å². The van der Waals surface area contributed by atoms with Crippen LogP contribution >= 0.6 is 0 Å². The molecule has 0 spiro atoms. The van der Waals surface area contributed by atoms with Gasteiger partial charge in [-0.05, 0) is 33.1 Å². The van der Waals surface area contributed by atoms with Crippen LogP contribution in [-0.2, 0) is 0 Å². The lowest BCUT2D eigenvalue weighted by atomic mass is 10.1. The first kappa shape index (κ1) is 15.1. The maximum atomic E-state index is 4.86. The quantitative estimate of drug-likeness (QED) is 0.912. The summed E-state index contributed by atoms with van der Waals surface area (Å²) < 4.78 is 0. The van der Waals surface area contributed by atoms with E-state index < -0.39 is 0 Å². The lowest BCUT2D eigenvalue weighted by Gasteiger charge is -2.26. The Morgan fingerprint density at radius 1 is 1.30 bits per heavy atom.